The van der Waals surface area contributed by atoms with Crippen molar-refractivity contribution in [3.05, 3.63) is 102 Å². The summed E-state index contributed by atoms with van der Waals surface area (Å²) in [5.74, 6) is 0.849. The van der Waals surface area contributed by atoms with Gasteiger partial charge in [0.25, 0.3) is 0 Å². The van der Waals surface area contributed by atoms with E-state index >= 15 is 0 Å². The molecule has 0 aromatic heterocycles. The smallest absolute Gasteiger partial charge is 0.119 e. The van der Waals surface area contributed by atoms with Crippen LogP contribution in [0.1, 0.15) is 23.6 Å². The number of anilines is 1. The summed E-state index contributed by atoms with van der Waals surface area (Å²) >= 11 is 0. The Labute approximate surface area is 160 Å². The Bertz CT molecular complexity index is 931. The highest BCUT2D eigenvalue weighted by atomic mass is 16.5. The van der Waals surface area contributed by atoms with Crippen LogP contribution >= 0.6 is 0 Å². The maximum Gasteiger partial charge on any atom is 0.119 e. The molecule has 1 heterocycles. The monoisotopic (exact) mass is 354 g/mol. The second kappa shape index (κ2) is 7.92. The fraction of sp³-hybridized carbons (Fsp3) is 0.125. The van der Waals surface area contributed by atoms with Crippen LogP contribution in [0.3, 0.4) is 0 Å². The molecule has 3 aromatic rings. The lowest BCUT2D eigenvalue weighted by atomic mass is 10.0. The van der Waals surface area contributed by atoms with Crippen molar-refractivity contribution in [2.75, 3.05) is 12.1 Å². The quantitative estimate of drug-likeness (QED) is 0.586. The summed E-state index contributed by atoms with van der Waals surface area (Å²) < 4.78 is 5.29. The van der Waals surface area contributed by atoms with Gasteiger partial charge in [-0.2, -0.15) is 5.10 Å². The number of allylic oxidation sites excluding steroid dienone is 1. The molecule has 134 valence electrons. The molecule has 3 aromatic carbocycles. The molecule has 3 heteroatoms. The predicted octanol–water partition coefficient (Wildman–Crippen LogP) is 5.72. The zero-order valence-corrected chi connectivity index (χ0v) is 15.3. The first-order chi connectivity index (χ1) is 13.3. The molecule has 3 nitrogen and oxygen atoms in total. The summed E-state index contributed by atoms with van der Waals surface area (Å²) in [4.78, 5) is 0. The highest BCUT2D eigenvalue weighted by molar-refractivity contribution is 6.01. The van der Waals surface area contributed by atoms with Gasteiger partial charge < -0.3 is 4.74 Å². The van der Waals surface area contributed by atoms with Gasteiger partial charge in [0.15, 0.2) is 0 Å². The minimum atomic E-state index is 0.190. The van der Waals surface area contributed by atoms with Gasteiger partial charge in [-0.05, 0) is 41.5 Å². The molecule has 1 aliphatic heterocycles. The van der Waals surface area contributed by atoms with Gasteiger partial charge in [-0.1, -0.05) is 66.7 Å². The van der Waals surface area contributed by atoms with E-state index in [9.17, 15) is 0 Å². The van der Waals surface area contributed by atoms with E-state index in [1.54, 1.807) is 7.11 Å². The van der Waals surface area contributed by atoms with Gasteiger partial charge in [-0.3, -0.25) is 5.01 Å². The van der Waals surface area contributed by atoms with Gasteiger partial charge >= 0.3 is 0 Å². The van der Waals surface area contributed by atoms with Crippen LogP contribution in [0.4, 0.5) is 5.69 Å². The SMILES string of the molecule is COc1ccc(N2N=C(C=Cc3ccccc3)CC2c2ccccc2)cc1. The lowest BCUT2D eigenvalue weighted by Crippen LogP contribution is -2.18. The molecule has 0 amide bonds. The molecule has 0 N–H and O–H groups in total. The van der Waals surface area contributed by atoms with E-state index in [2.05, 4.69) is 65.7 Å². The van der Waals surface area contributed by atoms with E-state index < -0.39 is 0 Å². The number of methoxy groups -OCH3 is 1. The van der Waals surface area contributed by atoms with Crippen molar-refractivity contribution >= 4 is 17.5 Å². The van der Waals surface area contributed by atoms with Crippen LogP contribution in [0.5, 0.6) is 5.75 Å². The zero-order chi connectivity index (χ0) is 18.5. The highest BCUT2D eigenvalue weighted by Crippen LogP contribution is 2.36. The van der Waals surface area contributed by atoms with Crippen molar-refractivity contribution in [3.63, 3.8) is 0 Å². The van der Waals surface area contributed by atoms with E-state index in [-0.39, 0.29) is 6.04 Å². The van der Waals surface area contributed by atoms with Crippen LogP contribution in [-0.4, -0.2) is 12.8 Å². The Balaban J connectivity index is 1.64. The Morgan fingerprint density at radius 1 is 0.852 bits per heavy atom. The molecule has 4 rings (SSSR count). The van der Waals surface area contributed by atoms with Gasteiger partial charge in [0, 0.05) is 6.42 Å². The number of hydrogen-bond acceptors (Lipinski definition) is 3. The van der Waals surface area contributed by atoms with Crippen molar-refractivity contribution in [1.82, 2.24) is 0 Å². The first-order valence-corrected chi connectivity index (χ1v) is 9.12. The van der Waals surface area contributed by atoms with Crippen LogP contribution in [0.15, 0.2) is 96.1 Å². The van der Waals surface area contributed by atoms with Crippen molar-refractivity contribution < 1.29 is 4.74 Å². The molecule has 0 bridgehead atoms. The van der Waals surface area contributed by atoms with E-state index in [1.165, 1.54) is 11.1 Å². The molecular formula is C24H22N2O. The molecule has 0 fully saturated rings. The Kier molecular flexibility index (Phi) is 5.01. The summed E-state index contributed by atoms with van der Waals surface area (Å²) in [5.41, 5.74) is 4.58. The molecule has 0 aliphatic carbocycles. The second-order valence-corrected chi connectivity index (χ2v) is 6.51. The molecule has 0 radical (unpaired) electrons. The lowest BCUT2D eigenvalue weighted by molar-refractivity contribution is 0.415. The largest absolute Gasteiger partial charge is 0.497 e. The number of hydrogen-bond donors (Lipinski definition) is 0. The number of nitrogens with zero attached hydrogens (tertiary/aromatic N) is 2. The number of ether oxygens (including phenoxy) is 1. The standard InChI is InChI=1S/C24H22N2O/c1-27-23-16-14-22(15-17-23)26-24(20-10-6-3-7-11-20)18-21(25-26)13-12-19-8-4-2-5-9-19/h2-17,24H,18H2,1H3. The van der Waals surface area contributed by atoms with Gasteiger partial charge in [0.2, 0.25) is 0 Å². The third-order valence-corrected chi connectivity index (χ3v) is 4.72. The van der Waals surface area contributed by atoms with Gasteiger partial charge in [0.1, 0.15) is 5.75 Å². The van der Waals surface area contributed by atoms with Crippen molar-refractivity contribution in [2.45, 2.75) is 12.5 Å². The number of rotatable bonds is 5. The van der Waals surface area contributed by atoms with Gasteiger partial charge in [-0.15, -0.1) is 0 Å². The first kappa shape index (κ1) is 17.1. The van der Waals surface area contributed by atoms with Crippen LogP contribution in [0, 0.1) is 0 Å². The number of hydrazone groups is 1. The molecule has 1 unspecified atom stereocenters. The molecule has 0 saturated heterocycles. The normalized spacial score (nSPS) is 16.6. The summed E-state index contributed by atoms with van der Waals surface area (Å²) in [7, 11) is 1.68. The molecule has 0 spiro atoms. The first-order valence-electron chi connectivity index (χ1n) is 9.12. The fourth-order valence-electron chi connectivity index (χ4n) is 3.30. The van der Waals surface area contributed by atoms with E-state index in [1.807, 2.05) is 36.4 Å². The average Bonchev–Trinajstić information content (AvgIpc) is 3.18. The maximum absolute atomic E-state index is 5.29. The van der Waals surface area contributed by atoms with Gasteiger partial charge in [0.05, 0.1) is 24.6 Å². The third-order valence-electron chi connectivity index (χ3n) is 4.72. The molecule has 1 atom stereocenters. The van der Waals surface area contributed by atoms with Crippen LogP contribution in [0.25, 0.3) is 6.08 Å². The minimum Gasteiger partial charge on any atom is -0.497 e. The minimum absolute atomic E-state index is 0.190. The topological polar surface area (TPSA) is 24.8 Å². The second-order valence-electron chi connectivity index (χ2n) is 6.51. The molecule has 27 heavy (non-hydrogen) atoms. The third kappa shape index (κ3) is 3.93. The fourth-order valence-corrected chi connectivity index (χ4v) is 3.30. The molecular weight excluding hydrogens is 332 g/mol. The van der Waals surface area contributed by atoms with E-state index in [0.29, 0.717) is 0 Å². The lowest BCUT2D eigenvalue weighted by Gasteiger charge is -2.24. The van der Waals surface area contributed by atoms with Crippen molar-refractivity contribution in [3.8, 4) is 5.75 Å². The molecule has 1 aliphatic rings. The Morgan fingerprint density at radius 3 is 2.19 bits per heavy atom. The summed E-state index contributed by atoms with van der Waals surface area (Å²) in [6.45, 7) is 0. The zero-order valence-electron chi connectivity index (χ0n) is 15.3. The Hall–Kier alpha value is -3.33. The Morgan fingerprint density at radius 2 is 1.52 bits per heavy atom. The summed E-state index contributed by atoms with van der Waals surface area (Å²) in [6, 6.07) is 29.1. The molecule has 0 saturated carbocycles. The van der Waals surface area contributed by atoms with Crippen molar-refractivity contribution in [2.24, 2.45) is 5.10 Å². The van der Waals surface area contributed by atoms with Crippen LogP contribution < -0.4 is 9.75 Å². The van der Waals surface area contributed by atoms with E-state index in [0.717, 1.165) is 23.6 Å². The van der Waals surface area contributed by atoms with Crippen LogP contribution in [-0.2, 0) is 0 Å². The number of benzene rings is 3. The average molecular weight is 354 g/mol. The summed E-state index contributed by atoms with van der Waals surface area (Å²) in [5, 5.41) is 7.02. The van der Waals surface area contributed by atoms with Crippen LogP contribution in [0.2, 0.25) is 0 Å². The van der Waals surface area contributed by atoms with Gasteiger partial charge in [-0.25, -0.2) is 0 Å². The van der Waals surface area contributed by atoms with Crippen molar-refractivity contribution in [1.29, 1.82) is 0 Å². The maximum atomic E-state index is 5.29. The van der Waals surface area contributed by atoms with E-state index in [4.69, 9.17) is 9.84 Å². The summed E-state index contributed by atoms with van der Waals surface area (Å²) in [6.07, 6.45) is 5.12. The predicted molar refractivity (Wildman–Crippen MR) is 112 cm³/mol. The highest BCUT2D eigenvalue weighted by Gasteiger charge is 2.28.